The second-order valence-corrected chi connectivity index (χ2v) is 5.44. The van der Waals surface area contributed by atoms with Crippen molar-refractivity contribution in [3.63, 3.8) is 0 Å². The molecule has 1 aliphatic rings. The van der Waals surface area contributed by atoms with Crippen LogP contribution < -0.4 is 5.73 Å². The second-order valence-electron chi connectivity index (χ2n) is 5.44. The Balaban J connectivity index is 2.67. The summed E-state index contributed by atoms with van der Waals surface area (Å²) >= 11 is 0. The van der Waals surface area contributed by atoms with Crippen LogP contribution in [-0.2, 0) is 0 Å². The molecule has 1 aliphatic carbocycles. The van der Waals surface area contributed by atoms with Crippen LogP contribution in [0.3, 0.4) is 0 Å². The van der Waals surface area contributed by atoms with Gasteiger partial charge in [0.1, 0.15) is 0 Å². The van der Waals surface area contributed by atoms with Crippen LogP contribution >= 0.6 is 0 Å². The van der Waals surface area contributed by atoms with E-state index in [-0.39, 0.29) is 11.5 Å². The van der Waals surface area contributed by atoms with Gasteiger partial charge in [-0.2, -0.15) is 0 Å². The zero-order valence-electron chi connectivity index (χ0n) is 9.79. The van der Waals surface area contributed by atoms with Crippen molar-refractivity contribution in [3.05, 3.63) is 0 Å². The van der Waals surface area contributed by atoms with E-state index in [0.29, 0.717) is 12.5 Å². The first-order valence-corrected chi connectivity index (χ1v) is 5.90. The smallest absolute Gasteiger partial charge is 0.0631 e. The summed E-state index contributed by atoms with van der Waals surface area (Å²) < 4.78 is 0. The van der Waals surface area contributed by atoms with Crippen LogP contribution in [-0.4, -0.2) is 17.8 Å². The van der Waals surface area contributed by atoms with Crippen molar-refractivity contribution in [1.82, 2.24) is 0 Å². The van der Waals surface area contributed by atoms with Crippen molar-refractivity contribution in [2.75, 3.05) is 6.54 Å². The van der Waals surface area contributed by atoms with Crippen molar-refractivity contribution >= 4 is 0 Å². The van der Waals surface area contributed by atoms with E-state index in [1.807, 2.05) is 0 Å². The van der Waals surface area contributed by atoms with E-state index in [1.165, 1.54) is 12.8 Å². The first-order chi connectivity index (χ1) is 6.52. The molecule has 1 fully saturated rings. The maximum atomic E-state index is 10.2. The molecule has 0 aliphatic heterocycles. The molecule has 0 amide bonds. The number of aliphatic hydroxyl groups excluding tert-OH is 1. The highest BCUT2D eigenvalue weighted by Gasteiger charge is 2.40. The third kappa shape index (κ3) is 2.29. The lowest BCUT2D eigenvalue weighted by atomic mass is 9.65. The van der Waals surface area contributed by atoms with Gasteiger partial charge in [-0.3, -0.25) is 0 Å². The molecule has 1 unspecified atom stereocenters. The Morgan fingerprint density at radius 2 is 1.86 bits per heavy atom. The minimum atomic E-state index is -0.222. The summed E-state index contributed by atoms with van der Waals surface area (Å²) in [6, 6.07) is 0. The zero-order valence-corrected chi connectivity index (χ0v) is 9.79. The van der Waals surface area contributed by atoms with Crippen LogP contribution in [0.1, 0.15) is 46.5 Å². The van der Waals surface area contributed by atoms with E-state index in [0.717, 1.165) is 18.8 Å². The predicted octanol–water partition coefficient (Wildman–Crippen LogP) is 2.16. The van der Waals surface area contributed by atoms with Crippen molar-refractivity contribution in [2.24, 2.45) is 23.0 Å². The van der Waals surface area contributed by atoms with Crippen LogP contribution in [0.25, 0.3) is 0 Å². The summed E-state index contributed by atoms with van der Waals surface area (Å²) in [5.41, 5.74) is 5.88. The van der Waals surface area contributed by atoms with Crippen LogP contribution in [0, 0.1) is 17.3 Å². The fraction of sp³-hybridized carbons (Fsp3) is 1.00. The number of aliphatic hydroxyl groups is 1. The number of hydrogen-bond acceptors (Lipinski definition) is 2. The monoisotopic (exact) mass is 199 g/mol. The highest BCUT2D eigenvalue weighted by atomic mass is 16.3. The Hall–Kier alpha value is -0.0800. The van der Waals surface area contributed by atoms with Crippen LogP contribution in [0.2, 0.25) is 0 Å². The Labute approximate surface area is 87.9 Å². The van der Waals surface area contributed by atoms with Crippen molar-refractivity contribution in [2.45, 2.75) is 52.6 Å². The molecule has 1 rings (SSSR count). The van der Waals surface area contributed by atoms with Crippen LogP contribution in [0.5, 0.6) is 0 Å². The number of nitrogens with two attached hydrogens (primary N) is 1. The topological polar surface area (TPSA) is 46.2 Å². The van der Waals surface area contributed by atoms with Gasteiger partial charge in [-0.1, -0.05) is 33.6 Å². The molecule has 14 heavy (non-hydrogen) atoms. The Bertz CT molecular complexity index is 171. The molecule has 1 saturated carbocycles. The minimum absolute atomic E-state index is 0.0146. The van der Waals surface area contributed by atoms with E-state index in [2.05, 4.69) is 20.8 Å². The van der Waals surface area contributed by atoms with Crippen molar-refractivity contribution < 1.29 is 5.11 Å². The first-order valence-electron chi connectivity index (χ1n) is 5.90. The highest BCUT2D eigenvalue weighted by Crippen LogP contribution is 2.42. The van der Waals surface area contributed by atoms with Gasteiger partial charge < -0.3 is 10.8 Å². The summed E-state index contributed by atoms with van der Waals surface area (Å²) in [6.45, 7) is 7.10. The van der Waals surface area contributed by atoms with E-state index in [9.17, 15) is 5.11 Å². The molecule has 2 heteroatoms. The Morgan fingerprint density at radius 1 is 1.36 bits per heavy atom. The fourth-order valence-electron chi connectivity index (χ4n) is 2.66. The number of rotatable bonds is 3. The van der Waals surface area contributed by atoms with E-state index in [4.69, 9.17) is 5.73 Å². The van der Waals surface area contributed by atoms with Gasteiger partial charge in [-0.15, -0.1) is 0 Å². The average Bonchev–Trinajstić information content (AvgIpc) is 2.18. The third-order valence-corrected chi connectivity index (χ3v) is 3.94. The molecule has 0 bridgehead atoms. The highest BCUT2D eigenvalue weighted by molar-refractivity contribution is 4.92. The van der Waals surface area contributed by atoms with Crippen LogP contribution in [0.15, 0.2) is 0 Å². The van der Waals surface area contributed by atoms with Gasteiger partial charge in [-0.05, 0) is 24.7 Å². The summed E-state index contributed by atoms with van der Waals surface area (Å²) in [4.78, 5) is 0. The molecule has 0 heterocycles. The molecule has 0 aromatic heterocycles. The van der Waals surface area contributed by atoms with Gasteiger partial charge in [-0.25, -0.2) is 0 Å². The Morgan fingerprint density at radius 3 is 2.21 bits per heavy atom. The average molecular weight is 199 g/mol. The molecule has 0 saturated heterocycles. The van der Waals surface area contributed by atoms with Gasteiger partial charge in [0.2, 0.25) is 0 Å². The molecule has 3 N–H and O–H groups in total. The van der Waals surface area contributed by atoms with E-state index in [1.54, 1.807) is 0 Å². The third-order valence-electron chi connectivity index (χ3n) is 3.94. The van der Waals surface area contributed by atoms with Gasteiger partial charge in [0.25, 0.3) is 0 Å². The quantitative estimate of drug-likeness (QED) is 0.731. The van der Waals surface area contributed by atoms with Gasteiger partial charge in [0.15, 0.2) is 0 Å². The van der Waals surface area contributed by atoms with Gasteiger partial charge in [0.05, 0.1) is 6.10 Å². The maximum absolute atomic E-state index is 10.2. The lowest BCUT2D eigenvalue weighted by molar-refractivity contribution is -0.0342. The summed E-state index contributed by atoms with van der Waals surface area (Å²) in [5.74, 6) is 1.14. The normalized spacial score (nSPS) is 36.0. The summed E-state index contributed by atoms with van der Waals surface area (Å²) in [6.07, 6.45) is 4.43. The van der Waals surface area contributed by atoms with Gasteiger partial charge >= 0.3 is 0 Å². The minimum Gasteiger partial charge on any atom is -0.392 e. The molecule has 0 aromatic carbocycles. The zero-order chi connectivity index (χ0) is 10.8. The standard InChI is InChI=1S/C12H25NO/c1-9(2)11(14)12(8-13)6-4-10(3)5-7-12/h9-11,14H,4-8,13H2,1-3H3. The number of hydrogen-bond donors (Lipinski definition) is 2. The second kappa shape index (κ2) is 4.63. The molecular weight excluding hydrogens is 174 g/mol. The largest absolute Gasteiger partial charge is 0.392 e. The SMILES string of the molecule is CC1CCC(CN)(C(O)C(C)C)CC1. The first kappa shape index (κ1) is 12.0. The molecule has 0 aromatic rings. The molecular formula is C12H25NO. The van der Waals surface area contributed by atoms with Crippen molar-refractivity contribution in [3.8, 4) is 0 Å². The lowest BCUT2D eigenvalue weighted by Gasteiger charge is -2.43. The maximum Gasteiger partial charge on any atom is 0.0631 e. The molecule has 84 valence electrons. The molecule has 0 spiro atoms. The molecule has 0 radical (unpaired) electrons. The van der Waals surface area contributed by atoms with E-state index >= 15 is 0 Å². The van der Waals surface area contributed by atoms with Gasteiger partial charge in [0, 0.05) is 12.0 Å². The summed E-state index contributed by atoms with van der Waals surface area (Å²) in [5, 5.41) is 10.2. The molecule has 2 nitrogen and oxygen atoms in total. The Kier molecular flexibility index (Phi) is 3.96. The molecule has 1 atom stereocenters. The predicted molar refractivity (Wildman–Crippen MR) is 60.0 cm³/mol. The van der Waals surface area contributed by atoms with Crippen LogP contribution in [0.4, 0.5) is 0 Å². The van der Waals surface area contributed by atoms with Crippen molar-refractivity contribution in [1.29, 1.82) is 0 Å². The van der Waals surface area contributed by atoms with E-state index < -0.39 is 0 Å². The summed E-state index contributed by atoms with van der Waals surface area (Å²) in [7, 11) is 0. The fourth-order valence-corrected chi connectivity index (χ4v) is 2.66. The lowest BCUT2D eigenvalue weighted by Crippen LogP contribution is -2.46.